The van der Waals surface area contributed by atoms with Crippen LogP contribution in [0.25, 0.3) is 0 Å². The van der Waals surface area contributed by atoms with Crippen LogP contribution in [0.3, 0.4) is 0 Å². The van der Waals surface area contributed by atoms with Gasteiger partial charge in [-0.2, -0.15) is 0 Å². The molecule has 0 saturated carbocycles. The maximum atomic E-state index is 12.0. The number of carbonyl (C=O) groups is 1. The summed E-state index contributed by atoms with van der Waals surface area (Å²) in [6.07, 6.45) is -0.0924. The monoisotopic (exact) mass is 276 g/mol. The van der Waals surface area contributed by atoms with E-state index in [1.165, 1.54) is 0 Å². The quantitative estimate of drug-likeness (QED) is 0.919. The SMILES string of the molecule is COc1cccc(C2=NO[C@@H](C(=O)NC(C)(C)C)C2)c1. The average molecular weight is 276 g/mol. The first-order valence-electron chi connectivity index (χ1n) is 6.58. The van der Waals surface area contributed by atoms with Gasteiger partial charge in [-0.15, -0.1) is 0 Å². The highest BCUT2D eigenvalue weighted by atomic mass is 16.6. The van der Waals surface area contributed by atoms with E-state index in [2.05, 4.69) is 10.5 Å². The molecule has 1 aromatic rings. The van der Waals surface area contributed by atoms with Crippen molar-refractivity contribution >= 4 is 11.6 Å². The lowest BCUT2D eigenvalue weighted by atomic mass is 10.0. The van der Waals surface area contributed by atoms with E-state index in [0.29, 0.717) is 6.42 Å². The van der Waals surface area contributed by atoms with Crippen LogP contribution in [0.1, 0.15) is 32.8 Å². The number of rotatable bonds is 3. The van der Waals surface area contributed by atoms with Gasteiger partial charge in [-0.3, -0.25) is 4.79 Å². The number of amides is 1. The van der Waals surface area contributed by atoms with Crippen molar-refractivity contribution in [2.45, 2.75) is 38.8 Å². The lowest BCUT2D eigenvalue weighted by Gasteiger charge is -2.22. The Labute approximate surface area is 118 Å². The predicted molar refractivity (Wildman–Crippen MR) is 76.9 cm³/mol. The van der Waals surface area contributed by atoms with Crippen molar-refractivity contribution < 1.29 is 14.4 Å². The van der Waals surface area contributed by atoms with Crippen LogP contribution in [-0.4, -0.2) is 30.4 Å². The summed E-state index contributed by atoms with van der Waals surface area (Å²) < 4.78 is 5.18. The Kier molecular flexibility index (Phi) is 3.97. The van der Waals surface area contributed by atoms with Gasteiger partial charge in [0.1, 0.15) is 5.75 Å². The van der Waals surface area contributed by atoms with Crippen LogP contribution in [0, 0.1) is 0 Å². The van der Waals surface area contributed by atoms with Crippen molar-refractivity contribution in [1.82, 2.24) is 5.32 Å². The molecule has 1 aromatic carbocycles. The van der Waals surface area contributed by atoms with Gasteiger partial charge in [-0.25, -0.2) is 0 Å². The summed E-state index contributed by atoms with van der Waals surface area (Å²) in [7, 11) is 1.62. The second-order valence-corrected chi connectivity index (χ2v) is 5.81. The lowest BCUT2D eigenvalue weighted by Crippen LogP contribution is -2.45. The Morgan fingerprint density at radius 1 is 1.45 bits per heavy atom. The molecular formula is C15H20N2O3. The topological polar surface area (TPSA) is 59.9 Å². The van der Waals surface area contributed by atoms with E-state index in [1.54, 1.807) is 7.11 Å². The van der Waals surface area contributed by atoms with E-state index >= 15 is 0 Å². The van der Waals surface area contributed by atoms with E-state index in [0.717, 1.165) is 17.0 Å². The van der Waals surface area contributed by atoms with Gasteiger partial charge < -0.3 is 14.9 Å². The lowest BCUT2D eigenvalue weighted by molar-refractivity contribution is -0.132. The van der Waals surface area contributed by atoms with Crippen molar-refractivity contribution in [3.8, 4) is 5.75 Å². The average Bonchev–Trinajstić information content (AvgIpc) is 2.86. The van der Waals surface area contributed by atoms with Crippen molar-refractivity contribution in [3.63, 3.8) is 0 Å². The van der Waals surface area contributed by atoms with E-state index in [1.807, 2.05) is 45.0 Å². The zero-order valence-corrected chi connectivity index (χ0v) is 12.3. The molecule has 0 bridgehead atoms. The first-order valence-corrected chi connectivity index (χ1v) is 6.58. The second-order valence-electron chi connectivity index (χ2n) is 5.81. The maximum absolute atomic E-state index is 12.0. The Hall–Kier alpha value is -2.04. The largest absolute Gasteiger partial charge is 0.497 e. The molecule has 0 fully saturated rings. The minimum absolute atomic E-state index is 0.140. The summed E-state index contributed by atoms with van der Waals surface area (Å²) in [5.41, 5.74) is 1.40. The minimum Gasteiger partial charge on any atom is -0.497 e. The highest BCUT2D eigenvalue weighted by Gasteiger charge is 2.30. The molecule has 1 aliphatic heterocycles. The molecule has 1 amide bonds. The number of nitrogens with one attached hydrogen (secondary N) is 1. The summed E-state index contributed by atoms with van der Waals surface area (Å²) in [5.74, 6) is 0.618. The van der Waals surface area contributed by atoms with Crippen molar-refractivity contribution in [3.05, 3.63) is 29.8 Å². The molecule has 5 nitrogen and oxygen atoms in total. The molecule has 0 radical (unpaired) electrons. The Morgan fingerprint density at radius 2 is 2.20 bits per heavy atom. The summed E-state index contributed by atoms with van der Waals surface area (Å²) in [6, 6.07) is 7.56. The Balaban J connectivity index is 2.02. The fourth-order valence-electron chi connectivity index (χ4n) is 1.94. The molecule has 1 aliphatic rings. The van der Waals surface area contributed by atoms with Gasteiger partial charge in [-0.1, -0.05) is 17.3 Å². The molecule has 5 heteroatoms. The Bertz CT molecular complexity index is 532. The van der Waals surface area contributed by atoms with Gasteiger partial charge in [0.25, 0.3) is 5.91 Å². The minimum atomic E-state index is -0.560. The van der Waals surface area contributed by atoms with Crippen LogP contribution in [0.2, 0.25) is 0 Å². The molecule has 0 spiro atoms. The number of ether oxygens (including phenoxy) is 1. The first-order chi connectivity index (χ1) is 9.39. The molecule has 1 N–H and O–H groups in total. The van der Waals surface area contributed by atoms with E-state index in [-0.39, 0.29) is 11.4 Å². The van der Waals surface area contributed by atoms with Crippen molar-refractivity contribution in [1.29, 1.82) is 0 Å². The number of hydrogen-bond donors (Lipinski definition) is 1. The molecule has 0 saturated heterocycles. The van der Waals surface area contributed by atoms with Crippen molar-refractivity contribution in [2.24, 2.45) is 5.16 Å². The number of methoxy groups -OCH3 is 1. The van der Waals surface area contributed by atoms with Crippen molar-refractivity contribution in [2.75, 3.05) is 7.11 Å². The molecule has 1 atom stereocenters. The summed E-state index contributed by atoms with van der Waals surface area (Å²) in [4.78, 5) is 17.3. The molecule has 0 aromatic heterocycles. The van der Waals surface area contributed by atoms with E-state index in [9.17, 15) is 4.79 Å². The van der Waals surface area contributed by atoms with Crippen LogP contribution in [0.5, 0.6) is 5.75 Å². The van der Waals surface area contributed by atoms with E-state index < -0.39 is 6.10 Å². The third kappa shape index (κ3) is 3.50. The molecule has 0 aliphatic carbocycles. The molecule has 20 heavy (non-hydrogen) atoms. The highest BCUT2D eigenvalue weighted by Crippen LogP contribution is 2.20. The smallest absolute Gasteiger partial charge is 0.264 e. The molecule has 2 rings (SSSR count). The number of carbonyl (C=O) groups excluding carboxylic acids is 1. The third-order valence-electron chi connectivity index (χ3n) is 2.86. The molecular weight excluding hydrogens is 256 g/mol. The van der Waals surface area contributed by atoms with Gasteiger partial charge in [-0.05, 0) is 32.9 Å². The normalized spacial score (nSPS) is 18.2. The van der Waals surface area contributed by atoms with Crippen LogP contribution >= 0.6 is 0 Å². The summed E-state index contributed by atoms with van der Waals surface area (Å²) in [5, 5.41) is 6.91. The first kappa shape index (κ1) is 14.4. The van der Waals surface area contributed by atoms with E-state index in [4.69, 9.17) is 9.57 Å². The maximum Gasteiger partial charge on any atom is 0.264 e. The van der Waals surface area contributed by atoms with Gasteiger partial charge in [0.2, 0.25) is 6.10 Å². The second kappa shape index (κ2) is 5.53. The number of oxime groups is 1. The molecule has 0 unspecified atom stereocenters. The zero-order chi connectivity index (χ0) is 14.8. The third-order valence-corrected chi connectivity index (χ3v) is 2.86. The highest BCUT2D eigenvalue weighted by molar-refractivity contribution is 6.04. The summed E-state index contributed by atoms with van der Waals surface area (Å²) in [6.45, 7) is 5.80. The molecule has 108 valence electrons. The standard InChI is InChI=1S/C15H20N2O3/c1-15(2,3)16-14(18)13-9-12(17-20-13)10-6-5-7-11(8-10)19-4/h5-8,13H,9H2,1-4H3,(H,16,18)/t13-/m1/s1. The Morgan fingerprint density at radius 3 is 2.85 bits per heavy atom. The zero-order valence-electron chi connectivity index (χ0n) is 12.3. The van der Waals surface area contributed by atoms with Crippen LogP contribution in [0.15, 0.2) is 29.4 Å². The van der Waals surface area contributed by atoms with Gasteiger partial charge >= 0.3 is 0 Å². The fourth-order valence-corrected chi connectivity index (χ4v) is 1.94. The fraction of sp³-hybridized carbons (Fsp3) is 0.467. The van der Waals surface area contributed by atoms with Crippen LogP contribution in [0.4, 0.5) is 0 Å². The molecule has 1 heterocycles. The van der Waals surface area contributed by atoms with Gasteiger partial charge in [0.15, 0.2) is 0 Å². The van der Waals surface area contributed by atoms with Gasteiger partial charge in [0, 0.05) is 17.5 Å². The van der Waals surface area contributed by atoms with Crippen LogP contribution < -0.4 is 10.1 Å². The number of nitrogens with zero attached hydrogens (tertiary/aromatic N) is 1. The number of hydrogen-bond acceptors (Lipinski definition) is 4. The summed E-state index contributed by atoms with van der Waals surface area (Å²) >= 11 is 0. The predicted octanol–water partition coefficient (Wildman–Crippen LogP) is 2.10. The number of benzene rings is 1. The van der Waals surface area contributed by atoms with Gasteiger partial charge in [0.05, 0.1) is 12.8 Å². The van der Waals surface area contributed by atoms with Crippen LogP contribution in [-0.2, 0) is 9.63 Å².